The summed E-state index contributed by atoms with van der Waals surface area (Å²) >= 11 is 0. The van der Waals surface area contributed by atoms with Crippen molar-refractivity contribution in [3.8, 4) is 11.5 Å². The van der Waals surface area contributed by atoms with Gasteiger partial charge in [-0.1, -0.05) is 24.3 Å². The van der Waals surface area contributed by atoms with Gasteiger partial charge in [0.05, 0.1) is 6.54 Å². The van der Waals surface area contributed by atoms with Gasteiger partial charge >= 0.3 is 0 Å². The van der Waals surface area contributed by atoms with Gasteiger partial charge in [-0.15, -0.1) is 10.2 Å². The zero-order valence-corrected chi connectivity index (χ0v) is 10.4. The molecule has 5 heteroatoms. The van der Waals surface area contributed by atoms with Gasteiger partial charge in [-0.2, -0.15) is 0 Å². The number of hydrogen-bond donors (Lipinski definition) is 1. The fourth-order valence-corrected chi connectivity index (χ4v) is 2.03. The first-order valence-corrected chi connectivity index (χ1v) is 5.94. The molecule has 0 aliphatic carbocycles. The third kappa shape index (κ3) is 2.08. The van der Waals surface area contributed by atoms with Crippen LogP contribution in [0.3, 0.4) is 0 Å². The van der Waals surface area contributed by atoms with E-state index in [4.69, 9.17) is 4.42 Å². The second kappa shape index (κ2) is 4.78. The molecule has 96 valence electrons. The lowest BCUT2D eigenvalue weighted by Gasteiger charge is -2.03. The van der Waals surface area contributed by atoms with Crippen molar-refractivity contribution in [2.24, 2.45) is 0 Å². The maximum absolute atomic E-state index is 13.7. The Morgan fingerprint density at radius 2 is 1.89 bits per heavy atom. The normalized spacial score (nSPS) is 11.1. The lowest BCUT2D eigenvalue weighted by molar-refractivity contribution is 0.490. The first kappa shape index (κ1) is 11.8. The van der Waals surface area contributed by atoms with Gasteiger partial charge in [0.15, 0.2) is 0 Å². The van der Waals surface area contributed by atoms with E-state index in [9.17, 15) is 4.39 Å². The highest BCUT2D eigenvalue weighted by molar-refractivity contribution is 5.95. The van der Waals surface area contributed by atoms with Crippen molar-refractivity contribution in [1.82, 2.24) is 15.5 Å². The maximum atomic E-state index is 13.7. The summed E-state index contributed by atoms with van der Waals surface area (Å²) in [5.41, 5.74) is 0.742. The third-order valence-electron chi connectivity index (χ3n) is 2.90. The molecule has 0 amide bonds. The molecule has 0 saturated heterocycles. The van der Waals surface area contributed by atoms with E-state index in [0.29, 0.717) is 23.7 Å². The van der Waals surface area contributed by atoms with E-state index in [1.807, 2.05) is 12.1 Å². The number of aromatic nitrogens is 2. The van der Waals surface area contributed by atoms with Gasteiger partial charge in [0.2, 0.25) is 11.8 Å². The first-order valence-electron chi connectivity index (χ1n) is 5.94. The summed E-state index contributed by atoms with van der Waals surface area (Å²) in [5, 5.41) is 12.2. The first-order chi connectivity index (χ1) is 9.29. The van der Waals surface area contributed by atoms with E-state index in [1.54, 1.807) is 25.2 Å². The molecule has 2 aromatic carbocycles. The van der Waals surface area contributed by atoms with Crippen LogP contribution in [0.4, 0.5) is 4.39 Å². The molecule has 4 nitrogen and oxygen atoms in total. The van der Waals surface area contributed by atoms with Gasteiger partial charge in [-0.05, 0) is 24.6 Å². The molecule has 0 fully saturated rings. The summed E-state index contributed by atoms with van der Waals surface area (Å²) in [6, 6.07) is 10.3. The van der Waals surface area contributed by atoms with Gasteiger partial charge in [0.25, 0.3) is 0 Å². The summed E-state index contributed by atoms with van der Waals surface area (Å²) in [5.74, 6) is 0.654. The number of halogens is 1. The van der Waals surface area contributed by atoms with Crippen molar-refractivity contribution < 1.29 is 8.81 Å². The Morgan fingerprint density at radius 3 is 2.68 bits per heavy atom. The van der Waals surface area contributed by atoms with E-state index in [2.05, 4.69) is 15.5 Å². The van der Waals surface area contributed by atoms with E-state index in [-0.39, 0.29) is 5.82 Å². The van der Waals surface area contributed by atoms with Crippen LogP contribution in [0.2, 0.25) is 0 Å². The Kier molecular flexibility index (Phi) is 2.97. The summed E-state index contributed by atoms with van der Waals surface area (Å²) in [7, 11) is 1.80. The van der Waals surface area contributed by atoms with Crippen molar-refractivity contribution in [2.75, 3.05) is 7.05 Å². The van der Waals surface area contributed by atoms with E-state index >= 15 is 0 Å². The molecule has 0 atom stereocenters. The number of nitrogens with one attached hydrogen (secondary N) is 1. The fraction of sp³-hybridized carbons (Fsp3) is 0.143. The number of hydrogen-bond acceptors (Lipinski definition) is 4. The van der Waals surface area contributed by atoms with Crippen molar-refractivity contribution in [3.05, 3.63) is 48.1 Å². The van der Waals surface area contributed by atoms with E-state index < -0.39 is 0 Å². The van der Waals surface area contributed by atoms with Crippen LogP contribution in [0.1, 0.15) is 5.89 Å². The quantitative estimate of drug-likeness (QED) is 0.783. The minimum atomic E-state index is -0.255. The van der Waals surface area contributed by atoms with Gasteiger partial charge in [-0.25, -0.2) is 4.39 Å². The lowest BCUT2D eigenvalue weighted by Crippen LogP contribution is -2.04. The Morgan fingerprint density at radius 1 is 1.11 bits per heavy atom. The molecule has 0 unspecified atom stereocenters. The van der Waals surface area contributed by atoms with Gasteiger partial charge in [-0.3, -0.25) is 0 Å². The molecule has 0 radical (unpaired) electrons. The topological polar surface area (TPSA) is 51.0 Å². The van der Waals surface area contributed by atoms with E-state index in [1.165, 1.54) is 6.07 Å². The zero-order valence-electron chi connectivity index (χ0n) is 10.4. The molecular weight excluding hydrogens is 245 g/mol. The third-order valence-corrected chi connectivity index (χ3v) is 2.90. The minimum Gasteiger partial charge on any atom is -0.419 e. The largest absolute Gasteiger partial charge is 0.419 e. The second-order valence-electron chi connectivity index (χ2n) is 4.17. The molecule has 1 N–H and O–H groups in total. The second-order valence-corrected chi connectivity index (χ2v) is 4.17. The van der Waals surface area contributed by atoms with Crippen molar-refractivity contribution in [1.29, 1.82) is 0 Å². The molecule has 1 heterocycles. The highest BCUT2D eigenvalue weighted by Crippen LogP contribution is 2.29. The van der Waals surface area contributed by atoms with Crippen LogP contribution in [0.15, 0.2) is 40.8 Å². The van der Waals surface area contributed by atoms with Gasteiger partial charge in [0.1, 0.15) is 5.82 Å². The SMILES string of the molecule is CNCc1nnc(-c2ccc(F)c3ccccc23)o1. The highest BCUT2D eigenvalue weighted by atomic mass is 19.1. The summed E-state index contributed by atoms with van der Waals surface area (Å²) in [6.45, 7) is 0.506. The van der Waals surface area contributed by atoms with Gasteiger partial charge < -0.3 is 9.73 Å². The molecule has 19 heavy (non-hydrogen) atoms. The summed E-state index contributed by atoms with van der Waals surface area (Å²) < 4.78 is 19.3. The van der Waals surface area contributed by atoms with Crippen LogP contribution < -0.4 is 5.32 Å². The van der Waals surface area contributed by atoms with Crippen LogP contribution in [-0.4, -0.2) is 17.2 Å². The Bertz CT molecular complexity index is 724. The number of rotatable bonds is 3. The summed E-state index contributed by atoms with van der Waals surface area (Å²) in [6.07, 6.45) is 0. The Balaban J connectivity index is 2.16. The minimum absolute atomic E-state index is 0.255. The molecule has 3 rings (SSSR count). The van der Waals surface area contributed by atoms with Crippen molar-refractivity contribution in [3.63, 3.8) is 0 Å². The van der Waals surface area contributed by atoms with Crippen LogP contribution in [-0.2, 0) is 6.54 Å². The van der Waals surface area contributed by atoms with Crippen LogP contribution in [0.25, 0.3) is 22.2 Å². The van der Waals surface area contributed by atoms with Crippen LogP contribution in [0.5, 0.6) is 0 Å². The molecular formula is C14H12FN3O. The number of nitrogens with zero attached hydrogens (tertiary/aromatic N) is 2. The molecule has 0 saturated carbocycles. The maximum Gasteiger partial charge on any atom is 0.248 e. The Hall–Kier alpha value is -2.27. The zero-order chi connectivity index (χ0) is 13.2. The molecule has 0 aliphatic rings. The predicted octanol–water partition coefficient (Wildman–Crippen LogP) is 2.75. The fourth-order valence-electron chi connectivity index (χ4n) is 2.03. The average molecular weight is 257 g/mol. The van der Waals surface area contributed by atoms with Crippen molar-refractivity contribution in [2.45, 2.75) is 6.54 Å². The molecule has 0 bridgehead atoms. The molecule has 0 spiro atoms. The van der Waals surface area contributed by atoms with Gasteiger partial charge in [0, 0.05) is 10.9 Å². The smallest absolute Gasteiger partial charge is 0.248 e. The van der Waals surface area contributed by atoms with Crippen molar-refractivity contribution >= 4 is 10.8 Å². The van der Waals surface area contributed by atoms with E-state index in [0.717, 1.165) is 10.9 Å². The van der Waals surface area contributed by atoms with Crippen LogP contribution in [0, 0.1) is 5.82 Å². The average Bonchev–Trinajstić information content (AvgIpc) is 2.88. The Labute approximate surface area is 109 Å². The predicted molar refractivity (Wildman–Crippen MR) is 70.0 cm³/mol. The summed E-state index contributed by atoms with van der Waals surface area (Å²) in [4.78, 5) is 0. The lowest BCUT2D eigenvalue weighted by atomic mass is 10.0. The number of benzene rings is 2. The molecule has 1 aromatic heterocycles. The van der Waals surface area contributed by atoms with Crippen LogP contribution >= 0.6 is 0 Å². The molecule has 0 aliphatic heterocycles. The highest BCUT2D eigenvalue weighted by Gasteiger charge is 2.13. The standard InChI is InChI=1S/C14H12FN3O/c1-16-8-13-17-18-14(19-13)11-6-7-12(15)10-5-3-2-4-9(10)11/h2-7,16H,8H2,1H3. The molecule has 3 aromatic rings. The number of fused-ring (bicyclic) bond motifs is 1. The monoisotopic (exact) mass is 257 g/mol.